The zero-order valence-corrected chi connectivity index (χ0v) is 11.7. The molecule has 2 aromatic rings. The van der Waals surface area contributed by atoms with Crippen LogP contribution in [0, 0.1) is 0 Å². The fraction of sp³-hybridized carbons (Fsp3) is 0.235. The van der Waals surface area contributed by atoms with Gasteiger partial charge in [-0.1, -0.05) is 24.3 Å². The van der Waals surface area contributed by atoms with E-state index in [0.717, 1.165) is 30.7 Å². The van der Waals surface area contributed by atoms with Crippen LogP contribution in [0.15, 0.2) is 59.8 Å². The van der Waals surface area contributed by atoms with E-state index >= 15 is 0 Å². The summed E-state index contributed by atoms with van der Waals surface area (Å²) in [4.78, 5) is 16.4. The summed E-state index contributed by atoms with van der Waals surface area (Å²) in [7, 11) is 0. The molecule has 1 amide bonds. The number of nitrogens with one attached hydrogen (secondary N) is 1. The van der Waals surface area contributed by atoms with Gasteiger partial charge in [0.1, 0.15) is 0 Å². The number of pyridine rings is 1. The van der Waals surface area contributed by atoms with E-state index in [-0.39, 0.29) is 11.8 Å². The summed E-state index contributed by atoms with van der Waals surface area (Å²) in [6.07, 6.45) is 4.84. The van der Waals surface area contributed by atoms with Gasteiger partial charge in [-0.2, -0.15) is 5.10 Å². The first-order valence-corrected chi connectivity index (χ1v) is 7.17. The molecule has 1 fully saturated rings. The molecule has 21 heavy (non-hydrogen) atoms. The molecular formula is C17H17N3O. The highest BCUT2D eigenvalue weighted by atomic mass is 16.2. The van der Waals surface area contributed by atoms with Crippen molar-refractivity contribution in [3.05, 3.63) is 66.0 Å². The Bertz CT molecular complexity index is 638. The summed E-state index contributed by atoms with van der Waals surface area (Å²) in [6, 6.07) is 15.0. The van der Waals surface area contributed by atoms with E-state index in [9.17, 15) is 4.79 Å². The third kappa shape index (κ3) is 3.16. The van der Waals surface area contributed by atoms with E-state index in [1.807, 2.05) is 36.4 Å². The molecule has 1 aliphatic rings. The molecule has 1 heterocycles. The Morgan fingerprint density at radius 2 is 1.95 bits per heavy atom. The van der Waals surface area contributed by atoms with Crippen LogP contribution in [0.3, 0.4) is 0 Å². The van der Waals surface area contributed by atoms with E-state index in [1.54, 1.807) is 18.3 Å². The zero-order chi connectivity index (χ0) is 14.5. The zero-order valence-electron chi connectivity index (χ0n) is 11.7. The normalized spacial score (nSPS) is 19.6. The van der Waals surface area contributed by atoms with Crippen LogP contribution >= 0.6 is 0 Å². The maximum atomic E-state index is 12.0. The van der Waals surface area contributed by atoms with Crippen molar-refractivity contribution in [3.63, 3.8) is 0 Å². The Labute approximate surface area is 123 Å². The summed E-state index contributed by atoms with van der Waals surface area (Å²) in [5, 5.41) is 4.33. The van der Waals surface area contributed by atoms with Crippen LogP contribution in [-0.2, 0) is 0 Å². The highest BCUT2D eigenvalue weighted by molar-refractivity contribution is 5.97. The average Bonchev–Trinajstić information content (AvgIpc) is 3.03. The van der Waals surface area contributed by atoms with Crippen LogP contribution < -0.4 is 5.43 Å². The van der Waals surface area contributed by atoms with Crippen molar-refractivity contribution in [2.45, 2.75) is 25.2 Å². The van der Waals surface area contributed by atoms with Crippen LogP contribution in [-0.4, -0.2) is 16.6 Å². The molecule has 0 aliphatic heterocycles. The number of aromatic nitrogens is 1. The number of hydrazone groups is 1. The predicted octanol–water partition coefficient (Wildman–Crippen LogP) is 3.14. The number of amides is 1. The van der Waals surface area contributed by atoms with Crippen molar-refractivity contribution in [1.29, 1.82) is 0 Å². The van der Waals surface area contributed by atoms with E-state index in [0.29, 0.717) is 5.56 Å². The average molecular weight is 279 g/mol. The largest absolute Gasteiger partial charge is 0.271 e. The summed E-state index contributed by atoms with van der Waals surface area (Å²) in [5.41, 5.74) is 5.32. The Hall–Kier alpha value is -2.49. The van der Waals surface area contributed by atoms with Gasteiger partial charge in [0, 0.05) is 29.1 Å². The van der Waals surface area contributed by atoms with E-state index in [2.05, 4.69) is 15.5 Å². The molecule has 1 N–H and O–H groups in total. The van der Waals surface area contributed by atoms with Gasteiger partial charge in [0.2, 0.25) is 0 Å². The lowest BCUT2D eigenvalue weighted by molar-refractivity contribution is 0.0954. The molecule has 4 nitrogen and oxygen atoms in total. The van der Waals surface area contributed by atoms with Crippen molar-refractivity contribution in [2.75, 3.05) is 0 Å². The smallest absolute Gasteiger partial charge is 0.267 e. The van der Waals surface area contributed by atoms with Gasteiger partial charge in [-0.15, -0.1) is 0 Å². The van der Waals surface area contributed by atoms with Crippen LogP contribution in [0.4, 0.5) is 0 Å². The standard InChI is InChI=1S/C17H17N3O/c21-17(13-7-2-1-3-8-13)20-19-16-11-6-9-14(16)15-10-4-5-12-18-15/h1-5,7-8,10,12,14H,6,9,11H2,(H,20,21). The van der Waals surface area contributed by atoms with Crippen LogP contribution in [0.25, 0.3) is 0 Å². The number of hydrogen-bond donors (Lipinski definition) is 1. The van der Waals surface area contributed by atoms with Crippen molar-refractivity contribution in [3.8, 4) is 0 Å². The van der Waals surface area contributed by atoms with Gasteiger partial charge in [0.05, 0.1) is 0 Å². The first kappa shape index (κ1) is 13.5. The summed E-state index contributed by atoms with van der Waals surface area (Å²) >= 11 is 0. The number of rotatable bonds is 3. The van der Waals surface area contributed by atoms with Crippen LogP contribution in [0.1, 0.15) is 41.2 Å². The monoisotopic (exact) mass is 279 g/mol. The SMILES string of the molecule is O=C(NN=C1CCCC1c1ccccn1)c1ccccc1. The lowest BCUT2D eigenvalue weighted by atomic mass is 10.0. The van der Waals surface area contributed by atoms with Crippen molar-refractivity contribution in [1.82, 2.24) is 10.4 Å². The first-order chi connectivity index (χ1) is 10.3. The molecule has 3 rings (SSSR count). The molecule has 1 aliphatic carbocycles. The fourth-order valence-corrected chi connectivity index (χ4v) is 2.64. The van der Waals surface area contributed by atoms with Crippen LogP contribution in [0.5, 0.6) is 0 Å². The van der Waals surface area contributed by atoms with Gasteiger partial charge >= 0.3 is 0 Å². The second kappa shape index (κ2) is 6.31. The Balaban J connectivity index is 1.72. The molecule has 0 bridgehead atoms. The molecule has 106 valence electrons. The van der Waals surface area contributed by atoms with E-state index in [4.69, 9.17) is 0 Å². The topological polar surface area (TPSA) is 54.4 Å². The number of hydrogen-bond acceptors (Lipinski definition) is 3. The van der Waals surface area contributed by atoms with E-state index < -0.39 is 0 Å². The Kier molecular flexibility index (Phi) is 4.05. The third-order valence-electron chi connectivity index (χ3n) is 3.71. The van der Waals surface area contributed by atoms with Crippen molar-refractivity contribution >= 4 is 11.6 Å². The summed E-state index contributed by atoms with van der Waals surface area (Å²) in [6.45, 7) is 0. The Morgan fingerprint density at radius 1 is 1.14 bits per heavy atom. The molecule has 0 saturated heterocycles. The minimum atomic E-state index is -0.172. The highest BCUT2D eigenvalue weighted by Crippen LogP contribution is 2.30. The van der Waals surface area contributed by atoms with Gasteiger partial charge in [0.25, 0.3) is 5.91 Å². The van der Waals surface area contributed by atoms with E-state index in [1.165, 1.54) is 0 Å². The first-order valence-electron chi connectivity index (χ1n) is 7.17. The number of carbonyl (C=O) groups is 1. The molecule has 1 aromatic carbocycles. The van der Waals surface area contributed by atoms with Gasteiger partial charge in [-0.3, -0.25) is 9.78 Å². The second-order valence-corrected chi connectivity index (χ2v) is 5.11. The summed E-state index contributed by atoms with van der Waals surface area (Å²) < 4.78 is 0. The molecule has 1 aromatic heterocycles. The number of carbonyl (C=O) groups excluding carboxylic acids is 1. The molecule has 4 heteroatoms. The predicted molar refractivity (Wildman–Crippen MR) is 82.2 cm³/mol. The maximum Gasteiger partial charge on any atom is 0.271 e. The molecule has 1 saturated carbocycles. The minimum absolute atomic E-state index is 0.172. The number of nitrogens with zero attached hydrogens (tertiary/aromatic N) is 2. The highest BCUT2D eigenvalue weighted by Gasteiger charge is 2.25. The van der Waals surface area contributed by atoms with Gasteiger partial charge in [0.15, 0.2) is 0 Å². The molecule has 1 atom stereocenters. The van der Waals surface area contributed by atoms with Gasteiger partial charge < -0.3 is 0 Å². The maximum absolute atomic E-state index is 12.0. The lowest BCUT2D eigenvalue weighted by Crippen LogP contribution is -2.20. The van der Waals surface area contributed by atoms with Crippen molar-refractivity contribution < 1.29 is 4.79 Å². The molecule has 0 radical (unpaired) electrons. The quantitative estimate of drug-likeness (QED) is 0.878. The number of benzene rings is 1. The third-order valence-corrected chi connectivity index (χ3v) is 3.71. The minimum Gasteiger partial charge on any atom is -0.267 e. The van der Waals surface area contributed by atoms with Crippen LogP contribution in [0.2, 0.25) is 0 Å². The lowest BCUT2D eigenvalue weighted by Gasteiger charge is -2.10. The molecule has 0 spiro atoms. The second-order valence-electron chi connectivity index (χ2n) is 5.11. The van der Waals surface area contributed by atoms with Gasteiger partial charge in [-0.05, 0) is 43.5 Å². The fourth-order valence-electron chi connectivity index (χ4n) is 2.64. The Morgan fingerprint density at radius 3 is 2.71 bits per heavy atom. The molecular weight excluding hydrogens is 262 g/mol. The van der Waals surface area contributed by atoms with Gasteiger partial charge in [-0.25, -0.2) is 5.43 Å². The molecule has 1 unspecified atom stereocenters. The van der Waals surface area contributed by atoms with Crippen molar-refractivity contribution in [2.24, 2.45) is 5.10 Å². The summed E-state index contributed by atoms with van der Waals surface area (Å²) in [5.74, 6) is 0.0528.